The van der Waals surface area contributed by atoms with Gasteiger partial charge in [-0.25, -0.2) is 0 Å². The first-order valence-electron chi connectivity index (χ1n) is 12.3. The van der Waals surface area contributed by atoms with Crippen LogP contribution in [0, 0.1) is 0 Å². The molecule has 172 valence electrons. The molecule has 4 rings (SSSR count). The van der Waals surface area contributed by atoms with E-state index in [4.69, 9.17) is 0 Å². The molecule has 0 atom stereocenters. The van der Waals surface area contributed by atoms with Gasteiger partial charge in [-0.2, -0.15) is 0 Å². The molecule has 0 N–H and O–H groups in total. The van der Waals surface area contributed by atoms with Crippen molar-refractivity contribution in [1.82, 2.24) is 0 Å². The minimum absolute atomic E-state index is 0.0129. The summed E-state index contributed by atoms with van der Waals surface area (Å²) >= 11 is -3.38. The van der Waals surface area contributed by atoms with E-state index in [1.54, 1.807) is 30.0 Å². The fraction of sp³-hybridized carbons (Fsp3) is 0.375. The quantitative estimate of drug-likeness (QED) is 0.391. The molecule has 0 amide bonds. The zero-order valence-corrected chi connectivity index (χ0v) is 23.8. The van der Waals surface area contributed by atoms with Crippen LogP contribution >= 0.6 is 0 Å². The summed E-state index contributed by atoms with van der Waals surface area (Å²) in [5, 5.41) is 0. The molecular weight excluding hydrogens is 432 g/mol. The molecule has 0 fully saturated rings. The first-order chi connectivity index (χ1) is 15.5. The third kappa shape index (κ3) is 2.81. The monoisotopic (exact) mass is 472 g/mol. The van der Waals surface area contributed by atoms with Gasteiger partial charge in [0, 0.05) is 0 Å². The Hall–Kier alpha value is -1.89. The van der Waals surface area contributed by atoms with Crippen LogP contribution in [0.2, 0.25) is 7.44 Å². The first-order valence-corrected chi connectivity index (χ1v) is 15.4. The molecule has 0 heterocycles. The van der Waals surface area contributed by atoms with Crippen LogP contribution in [-0.2, 0) is 16.6 Å². The number of rotatable bonds is 4. The van der Waals surface area contributed by atoms with Crippen molar-refractivity contribution < 1.29 is 16.6 Å². The summed E-state index contributed by atoms with van der Waals surface area (Å²) in [6, 6.07) is 23.3. The maximum atomic E-state index is 2.60. The summed E-state index contributed by atoms with van der Waals surface area (Å²) in [6.07, 6.45) is 0. The van der Waals surface area contributed by atoms with E-state index in [-0.39, 0.29) is 7.44 Å². The Balaban J connectivity index is 2.32. The topological polar surface area (TPSA) is 0 Å². The van der Waals surface area contributed by atoms with Gasteiger partial charge < -0.3 is 0 Å². The number of benzene rings is 2. The molecule has 0 unspecified atom stereocenters. The van der Waals surface area contributed by atoms with Crippen LogP contribution in [0.5, 0.6) is 0 Å². The van der Waals surface area contributed by atoms with Gasteiger partial charge in [-0.1, -0.05) is 0 Å². The summed E-state index contributed by atoms with van der Waals surface area (Å²) in [5.74, 6) is 0. The third-order valence-corrected chi connectivity index (χ3v) is 21.1. The van der Waals surface area contributed by atoms with Gasteiger partial charge in [0.15, 0.2) is 0 Å². The molecule has 0 aromatic heterocycles. The van der Waals surface area contributed by atoms with Crippen molar-refractivity contribution in [3.8, 4) is 0 Å². The Kier molecular flexibility index (Phi) is 5.96. The minimum atomic E-state index is -3.38. The third-order valence-electron chi connectivity index (χ3n) is 10.3. The van der Waals surface area contributed by atoms with E-state index in [1.165, 1.54) is 22.3 Å². The molecule has 33 heavy (non-hydrogen) atoms. The maximum absolute atomic E-state index is 3.38. The van der Waals surface area contributed by atoms with E-state index < -0.39 is 16.6 Å². The second-order valence-electron chi connectivity index (χ2n) is 10.7. The average molecular weight is 473 g/mol. The number of hydrogen-bond donors (Lipinski definition) is 0. The van der Waals surface area contributed by atoms with Gasteiger partial charge in [0.1, 0.15) is 0 Å². The van der Waals surface area contributed by atoms with E-state index in [0.717, 1.165) is 0 Å². The Morgan fingerprint density at radius 2 is 0.667 bits per heavy atom. The Morgan fingerprint density at radius 1 is 0.424 bits per heavy atom. The summed E-state index contributed by atoms with van der Waals surface area (Å²) in [4.78, 5) is 0. The molecule has 0 bridgehead atoms. The summed E-state index contributed by atoms with van der Waals surface area (Å²) in [6.45, 7) is 24.3. The standard InChI is InChI=1S/2C10H15.2C6H5.Ti/c2*1-6-7(2)9(4)10(5)8(6)3;2*1-2-4-6-5-3-1;/h2*1-5H3;2*1-5H;. The normalized spacial score (nSPS) is 20.4. The average Bonchev–Trinajstić information content (AvgIpc) is 3.08. The molecule has 0 aliphatic heterocycles. The van der Waals surface area contributed by atoms with Crippen molar-refractivity contribution in [3.63, 3.8) is 0 Å². The van der Waals surface area contributed by atoms with E-state index in [1.807, 2.05) is 0 Å². The van der Waals surface area contributed by atoms with Gasteiger partial charge in [-0.05, 0) is 0 Å². The van der Waals surface area contributed by atoms with Crippen LogP contribution < -0.4 is 7.74 Å². The Bertz CT molecular complexity index is 1080. The predicted molar refractivity (Wildman–Crippen MR) is 142 cm³/mol. The molecule has 2 aromatic carbocycles. The van der Waals surface area contributed by atoms with Crippen molar-refractivity contribution in [2.45, 2.75) is 76.7 Å². The van der Waals surface area contributed by atoms with Crippen molar-refractivity contribution in [3.05, 3.63) is 105 Å². The van der Waals surface area contributed by atoms with Crippen LogP contribution in [0.4, 0.5) is 0 Å². The van der Waals surface area contributed by atoms with Crippen LogP contribution in [0.15, 0.2) is 105 Å². The first kappa shape index (κ1) is 24.2. The second kappa shape index (κ2) is 8.11. The van der Waals surface area contributed by atoms with Crippen LogP contribution in [0.25, 0.3) is 0 Å². The van der Waals surface area contributed by atoms with Gasteiger partial charge in [0.25, 0.3) is 0 Å². The van der Waals surface area contributed by atoms with Crippen molar-refractivity contribution in [2.24, 2.45) is 0 Å². The van der Waals surface area contributed by atoms with E-state index in [0.29, 0.717) is 0 Å². The molecule has 0 radical (unpaired) electrons. The molecule has 1 heteroatoms. The molecule has 2 aliphatic carbocycles. The Morgan fingerprint density at radius 3 is 0.909 bits per heavy atom. The molecule has 0 saturated heterocycles. The van der Waals surface area contributed by atoms with Gasteiger partial charge in [-0.15, -0.1) is 0 Å². The van der Waals surface area contributed by atoms with Gasteiger partial charge >= 0.3 is 206 Å². The van der Waals surface area contributed by atoms with Crippen LogP contribution in [-0.4, -0.2) is 0 Å². The summed E-state index contributed by atoms with van der Waals surface area (Å²) < 4.78 is 3.19. The Labute approximate surface area is 205 Å². The van der Waals surface area contributed by atoms with Crippen molar-refractivity contribution in [1.29, 1.82) is 0 Å². The molecule has 0 spiro atoms. The van der Waals surface area contributed by atoms with Crippen molar-refractivity contribution in [2.75, 3.05) is 0 Å². The molecule has 0 saturated carbocycles. The zero-order valence-electron chi connectivity index (χ0n) is 22.3. The molecule has 2 aliphatic rings. The van der Waals surface area contributed by atoms with E-state index in [9.17, 15) is 0 Å². The zero-order chi connectivity index (χ0) is 24.3. The van der Waals surface area contributed by atoms with Crippen LogP contribution in [0.3, 0.4) is 0 Å². The SMILES string of the molecule is CC1=C(C)[C](C)([Ti]([c]2ccccc2)([c]2ccccc2)[C]2(C)C(C)=C(C)C(C)=C2C)C(C)=C1C. The van der Waals surface area contributed by atoms with Crippen molar-refractivity contribution >= 4 is 7.74 Å². The van der Waals surface area contributed by atoms with Gasteiger partial charge in [-0.3, -0.25) is 0 Å². The van der Waals surface area contributed by atoms with Crippen LogP contribution in [0.1, 0.15) is 69.2 Å². The predicted octanol–water partition coefficient (Wildman–Crippen LogP) is 8.52. The summed E-state index contributed by atoms with van der Waals surface area (Å²) in [5.41, 5.74) is 12.3. The number of hydrogen-bond acceptors (Lipinski definition) is 0. The summed E-state index contributed by atoms with van der Waals surface area (Å²) in [7, 11) is 0. The number of allylic oxidation sites excluding steroid dienone is 8. The molecule has 2 aromatic rings. The van der Waals surface area contributed by atoms with Gasteiger partial charge in [0.2, 0.25) is 0 Å². The van der Waals surface area contributed by atoms with E-state index >= 15 is 0 Å². The van der Waals surface area contributed by atoms with Gasteiger partial charge in [0.05, 0.1) is 0 Å². The second-order valence-corrected chi connectivity index (χ2v) is 18.0. The fourth-order valence-corrected chi connectivity index (χ4v) is 20.0. The molecular formula is C32H40Ti. The molecule has 0 nitrogen and oxygen atoms in total. The fourth-order valence-electron chi connectivity index (χ4n) is 7.51. The van der Waals surface area contributed by atoms with E-state index in [2.05, 4.69) is 130 Å².